The molecule has 5 rings (SSSR count). The third kappa shape index (κ3) is 14.9. The second-order valence-corrected chi connectivity index (χ2v) is 11.7. The van der Waals surface area contributed by atoms with Crippen molar-refractivity contribution in [1.29, 1.82) is 10.5 Å². The summed E-state index contributed by atoms with van der Waals surface area (Å²) >= 11 is 0. The molecule has 0 unspecified atom stereocenters. The summed E-state index contributed by atoms with van der Waals surface area (Å²) in [5.74, 6) is 3.22. The molecular formula is C44H48N4O10. The number of rotatable bonds is 18. The predicted octanol–water partition coefficient (Wildman–Crippen LogP) is 7.80. The van der Waals surface area contributed by atoms with Crippen LogP contribution in [0.25, 0.3) is 10.9 Å². The van der Waals surface area contributed by atoms with Crippen LogP contribution in [0.4, 0.5) is 5.69 Å². The Bertz CT molecular complexity index is 2140. The number of carbonyl (C=O) groups is 1. The third-order valence-corrected chi connectivity index (χ3v) is 7.67. The van der Waals surface area contributed by atoms with Crippen LogP contribution >= 0.6 is 0 Å². The monoisotopic (exact) mass is 792 g/mol. The number of H-pyrrole nitrogens is 1. The number of anilines is 1. The quantitative estimate of drug-likeness (QED) is 0.0380. The second kappa shape index (κ2) is 26.0. The minimum absolute atomic E-state index is 0.0679. The van der Waals surface area contributed by atoms with Gasteiger partial charge in [-0.1, -0.05) is 36.4 Å². The molecule has 1 aromatic heterocycles. The number of aromatic nitrogens is 1. The number of nitrogens with one attached hydrogen (secondary N) is 2. The Hall–Kier alpha value is -7.00. The molecule has 0 bridgehead atoms. The Morgan fingerprint density at radius 1 is 0.741 bits per heavy atom. The number of benzene rings is 4. The number of methoxy groups -OCH3 is 4. The number of para-hydroxylation sites is 2. The lowest BCUT2D eigenvalue weighted by Crippen LogP contribution is -2.08. The smallest absolute Gasteiger partial charge is 0.350 e. The molecule has 0 saturated carbocycles. The summed E-state index contributed by atoms with van der Waals surface area (Å²) in [6.45, 7) is 4.06. The molecule has 0 spiro atoms. The van der Waals surface area contributed by atoms with Gasteiger partial charge in [0.1, 0.15) is 29.2 Å². The lowest BCUT2D eigenvalue weighted by atomic mass is 10.1. The van der Waals surface area contributed by atoms with Crippen molar-refractivity contribution >= 4 is 22.6 Å². The Morgan fingerprint density at radius 2 is 1.33 bits per heavy atom. The zero-order valence-electron chi connectivity index (χ0n) is 33.2. The highest BCUT2D eigenvalue weighted by Crippen LogP contribution is 2.31. The van der Waals surface area contributed by atoms with Crippen LogP contribution in [0.3, 0.4) is 0 Å². The van der Waals surface area contributed by atoms with Crippen LogP contribution in [0.15, 0.2) is 114 Å². The average Bonchev–Trinajstić information content (AvgIpc) is 3.25. The molecule has 0 amide bonds. The highest BCUT2D eigenvalue weighted by Gasteiger charge is 2.12. The Kier molecular flexibility index (Phi) is 20.3. The van der Waals surface area contributed by atoms with Gasteiger partial charge in [0.2, 0.25) is 5.43 Å². The Labute approximate surface area is 338 Å². The van der Waals surface area contributed by atoms with E-state index in [1.807, 2.05) is 66.7 Å². The number of nitrogens with zero attached hydrogens (tertiary/aromatic N) is 2. The van der Waals surface area contributed by atoms with Crippen molar-refractivity contribution in [3.05, 3.63) is 125 Å². The fourth-order valence-corrected chi connectivity index (χ4v) is 4.85. The SMILES string of the molecule is CCOC(=O)/C(C#N)=C/Nc1ccc(OC)c(OCCCOC)c1.COCCCOc1cc2[nH]cc(C#N)c(=O)c2cc1OC.c1ccc(Oc2ccccc2)cc1. The van der Waals surface area contributed by atoms with Gasteiger partial charge < -0.3 is 48.2 Å². The molecule has 5 aromatic rings. The molecular weight excluding hydrogens is 745 g/mol. The van der Waals surface area contributed by atoms with E-state index in [1.54, 1.807) is 64.7 Å². The first-order chi connectivity index (χ1) is 28.3. The fraction of sp³-hybridized carbons (Fsp3) is 0.273. The molecule has 304 valence electrons. The summed E-state index contributed by atoms with van der Waals surface area (Å²) < 4.78 is 42.1. The molecule has 0 atom stereocenters. The fourth-order valence-electron chi connectivity index (χ4n) is 4.85. The van der Waals surface area contributed by atoms with Crippen molar-refractivity contribution in [3.8, 4) is 46.6 Å². The van der Waals surface area contributed by atoms with E-state index in [2.05, 4.69) is 10.3 Å². The zero-order valence-corrected chi connectivity index (χ0v) is 33.2. The average molecular weight is 793 g/mol. The summed E-state index contributed by atoms with van der Waals surface area (Å²) in [6, 6.07) is 31.7. The van der Waals surface area contributed by atoms with E-state index < -0.39 is 5.97 Å². The standard InChI is InChI=1S/C17H22N2O5.C15H16N2O4.C12H10O/c1-4-23-17(20)13(11-18)12-19-14-6-7-15(22-3)16(10-14)24-9-5-8-21-2;1-19-4-3-5-21-14-7-12-11(6-13(14)20-2)15(18)10(8-16)9-17-12;1-3-7-11(8-4-1)13-12-9-5-2-6-10-12/h6-7,10,12,19H,4-5,8-9H2,1-3H3;6-7,9H,3-5H2,1-2H3,(H,17,18);1-10H/b13-12+;;. The molecule has 58 heavy (non-hydrogen) atoms. The summed E-state index contributed by atoms with van der Waals surface area (Å²) in [4.78, 5) is 26.6. The van der Waals surface area contributed by atoms with Crippen molar-refractivity contribution in [2.24, 2.45) is 0 Å². The van der Waals surface area contributed by atoms with Crippen molar-refractivity contribution < 1.29 is 42.7 Å². The van der Waals surface area contributed by atoms with Crippen LogP contribution in [0.1, 0.15) is 25.3 Å². The molecule has 0 aliphatic heterocycles. The molecule has 0 aliphatic carbocycles. The van der Waals surface area contributed by atoms with Crippen molar-refractivity contribution in [2.75, 3.05) is 66.8 Å². The van der Waals surface area contributed by atoms with E-state index in [4.69, 9.17) is 48.4 Å². The number of carbonyl (C=O) groups excluding carboxylic acids is 1. The first-order valence-electron chi connectivity index (χ1n) is 18.2. The molecule has 2 N–H and O–H groups in total. The minimum atomic E-state index is -0.669. The van der Waals surface area contributed by atoms with Crippen molar-refractivity contribution in [2.45, 2.75) is 19.8 Å². The van der Waals surface area contributed by atoms with Crippen LogP contribution in [-0.2, 0) is 19.0 Å². The van der Waals surface area contributed by atoms with Gasteiger partial charge in [-0.25, -0.2) is 4.79 Å². The minimum Gasteiger partial charge on any atom is -0.493 e. The van der Waals surface area contributed by atoms with Gasteiger partial charge >= 0.3 is 5.97 Å². The van der Waals surface area contributed by atoms with Gasteiger partial charge in [-0.3, -0.25) is 4.79 Å². The van der Waals surface area contributed by atoms with Crippen LogP contribution < -0.4 is 34.4 Å². The van der Waals surface area contributed by atoms with Gasteiger partial charge in [0.05, 0.1) is 44.9 Å². The summed E-state index contributed by atoms with van der Waals surface area (Å²) in [7, 11) is 6.33. The van der Waals surface area contributed by atoms with E-state index in [0.29, 0.717) is 66.0 Å². The van der Waals surface area contributed by atoms with Gasteiger partial charge in [-0.05, 0) is 49.4 Å². The van der Waals surface area contributed by atoms with E-state index in [1.165, 1.54) is 19.5 Å². The number of hydrogen-bond acceptors (Lipinski definition) is 13. The molecule has 0 radical (unpaired) electrons. The summed E-state index contributed by atoms with van der Waals surface area (Å²) in [6.07, 6.45) is 4.20. The highest BCUT2D eigenvalue weighted by molar-refractivity contribution is 5.93. The maximum absolute atomic E-state index is 12.1. The van der Waals surface area contributed by atoms with E-state index >= 15 is 0 Å². The highest BCUT2D eigenvalue weighted by atomic mass is 16.5. The maximum atomic E-state index is 12.1. The van der Waals surface area contributed by atoms with E-state index in [-0.39, 0.29) is 23.2 Å². The molecule has 0 fully saturated rings. The lowest BCUT2D eigenvalue weighted by molar-refractivity contribution is -0.138. The van der Waals surface area contributed by atoms with Crippen LogP contribution in [-0.4, -0.2) is 72.4 Å². The number of hydrogen-bond donors (Lipinski definition) is 2. The number of ether oxygens (including phenoxy) is 8. The van der Waals surface area contributed by atoms with Gasteiger partial charge in [0.25, 0.3) is 0 Å². The Balaban J connectivity index is 0.000000242. The first kappa shape index (κ1) is 45.4. The van der Waals surface area contributed by atoms with Crippen LogP contribution in [0.5, 0.6) is 34.5 Å². The molecule has 0 saturated heterocycles. The molecule has 4 aromatic carbocycles. The lowest BCUT2D eigenvalue weighted by Gasteiger charge is -2.12. The van der Waals surface area contributed by atoms with Gasteiger partial charge in [-0.15, -0.1) is 0 Å². The summed E-state index contributed by atoms with van der Waals surface area (Å²) in [5.41, 5.74) is 0.875. The van der Waals surface area contributed by atoms with Crippen molar-refractivity contribution in [3.63, 3.8) is 0 Å². The van der Waals surface area contributed by atoms with Gasteiger partial charge in [0, 0.05) is 70.5 Å². The van der Waals surface area contributed by atoms with Gasteiger partial charge in [0.15, 0.2) is 28.6 Å². The van der Waals surface area contributed by atoms with E-state index in [0.717, 1.165) is 24.3 Å². The normalized spacial score (nSPS) is 10.3. The number of pyridine rings is 1. The van der Waals surface area contributed by atoms with Crippen LogP contribution in [0, 0.1) is 22.7 Å². The second-order valence-electron chi connectivity index (χ2n) is 11.7. The number of esters is 1. The number of nitriles is 2. The Morgan fingerprint density at radius 3 is 1.84 bits per heavy atom. The van der Waals surface area contributed by atoms with E-state index in [9.17, 15) is 9.59 Å². The van der Waals surface area contributed by atoms with Crippen LogP contribution in [0.2, 0.25) is 0 Å². The maximum Gasteiger partial charge on any atom is 0.350 e. The first-order valence-corrected chi connectivity index (χ1v) is 18.2. The largest absolute Gasteiger partial charge is 0.493 e. The predicted molar refractivity (Wildman–Crippen MR) is 220 cm³/mol. The molecule has 0 aliphatic rings. The molecule has 1 heterocycles. The third-order valence-electron chi connectivity index (χ3n) is 7.67. The summed E-state index contributed by atoms with van der Waals surface area (Å²) in [5, 5.41) is 21.2. The molecule has 14 nitrogen and oxygen atoms in total. The van der Waals surface area contributed by atoms with Crippen molar-refractivity contribution in [1.82, 2.24) is 4.98 Å². The topological polar surface area (TPSA) is 183 Å². The number of aromatic amines is 1. The molecule has 14 heteroatoms. The van der Waals surface area contributed by atoms with Gasteiger partial charge in [-0.2, -0.15) is 10.5 Å². The number of fused-ring (bicyclic) bond motifs is 1. The zero-order chi connectivity index (χ0) is 42.0.